The van der Waals surface area contributed by atoms with Crippen molar-refractivity contribution in [1.82, 2.24) is 5.32 Å². The lowest BCUT2D eigenvalue weighted by Gasteiger charge is -2.10. The SMILES string of the molecule is Cc1ccc2c(c1)SC(C(=O)NCCc1ccc(OC(F)F)cc1)C2. The minimum absolute atomic E-state index is 0.0384. The van der Waals surface area contributed by atoms with E-state index in [0.717, 1.165) is 12.0 Å². The molecule has 25 heavy (non-hydrogen) atoms. The van der Waals surface area contributed by atoms with Gasteiger partial charge in [-0.25, -0.2) is 0 Å². The molecule has 2 aromatic carbocycles. The third-order valence-corrected chi connectivity index (χ3v) is 5.35. The second kappa shape index (κ2) is 7.87. The Morgan fingerprint density at radius 3 is 2.76 bits per heavy atom. The van der Waals surface area contributed by atoms with E-state index >= 15 is 0 Å². The van der Waals surface area contributed by atoms with Gasteiger partial charge < -0.3 is 10.1 Å². The molecule has 1 unspecified atom stereocenters. The maximum atomic E-state index is 12.3. The van der Waals surface area contributed by atoms with Crippen molar-refractivity contribution in [3.8, 4) is 5.75 Å². The summed E-state index contributed by atoms with van der Waals surface area (Å²) < 4.78 is 28.5. The number of thioether (sulfide) groups is 1. The number of carbonyl (C=O) groups excluding carboxylic acids is 1. The molecule has 0 radical (unpaired) electrons. The number of hydrogen-bond donors (Lipinski definition) is 1. The van der Waals surface area contributed by atoms with Gasteiger partial charge >= 0.3 is 6.61 Å². The van der Waals surface area contributed by atoms with E-state index in [1.165, 1.54) is 28.2 Å². The van der Waals surface area contributed by atoms with E-state index in [1.54, 1.807) is 23.9 Å². The molecule has 1 aliphatic heterocycles. The molecule has 0 saturated carbocycles. The van der Waals surface area contributed by atoms with Crippen molar-refractivity contribution in [2.45, 2.75) is 36.5 Å². The number of hydrogen-bond acceptors (Lipinski definition) is 3. The number of amides is 1. The summed E-state index contributed by atoms with van der Waals surface area (Å²) in [5.41, 5.74) is 3.39. The van der Waals surface area contributed by atoms with Gasteiger partial charge in [0.1, 0.15) is 5.75 Å². The summed E-state index contributed by atoms with van der Waals surface area (Å²) in [4.78, 5) is 13.5. The first-order chi connectivity index (χ1) is 12.0. The molecule has 0 saturated heterocycles. The first-order valence-electron chi connectivity index (χ1n) is 8.09. The number of fused-ring (bicyclic) bond motifs is 1. The molecule has 1 heterocycles. The maximum Gasteiger partial charge on any atom is 0.387 e. The Kier molecular flexibility index (Phi) is 5.58. The lowest BCUT2D eigenvalue weighted by atomic mass is 10.1. The molecule has 3 nitrogen and oxygen atoms in total. The van der Waals surface area contributed by atoms with Crippen LogP contribution >= 0.6 is 11.8 Å². The zero-order valence-corrected chi connectivity index (χ0v) is 14.6. The molecule has 3 rings (SSSR count). The van der Waals surface area contributed by atoms with Crippen molar-refractivity contribution >= 4 is 17.7 Å². The van der Waals surface area contributed by atoms with E-state index in [-0.39, 0.29) is 16.9 Å². The molecular formula is C19H19F2NO2S. The topological polar surface area (TPSA) is 38.3 Å². The van der Waals surface area contributed by atoms with Crippen LogP contribution in [-0.2, 0) is 17.6 Å². The predicted molar refractivity (Wildman–Crippen MR) is 94.3 cm³/mol. The Morgan fingerprint density at radius 1 is 1.28 bits per heavy atom. The highest BCUT2D eigenvalue weighted by Crippen LogP contribution is 2.37. The Labute approximate surface area is 149 Å². The van der Waals surface area contributed by atoms with Gasteiger partial charge in [-0.1, -0.05) is 29.8 Å². The van der Waals surface area contributed by atoms with Crippen LogP contribution in [0.4, 0.5) is 8.78 Å². The fourth-order valence-corrected chi connectivity index (χ4v) is 4.08. The Balaban J connectivity index is 1.46. The molecule has 0 fully saturated rings. The van der Waals surface area contributed by atoms with Crippen molar-refractivity contribution in [2.75, 3.05) is 6.54 Å². The molecule has 132 valence electrons. The van der Waals surface area contributed by atoms with Gasteiger partial charge in [0, 0.05) is 11.4 Å². The summed E-state index contributed by atoms with van der Waals surface area (Å²) in [7, 11) is 0. The van der Waals surface area contributed by atoms with Crippen LogP contribution in [0.5, 0.6) is 5.75 Å². The standard InChI is InChI=1S/C19H19F2NO2S/c1-12-2-5-14-11-17(25-16(14)10-12)18(23)22-9-8-13-3-6-15(7-4-13)24-19(20)21/h2-7,10,17,19H,8-9,11H2,1H3,(H,22,23). The number of nitrogens with one attached hydrogen (secondary N) is 1. The van der Waals surface area contributed by atoms with Gasteiger partial charge in [-0.3, -0.25) is 4.79 Å². The van der Waals surface area contributed by atoms with Crippen molar-refractivity contribution < 1.29 is 18.3 Å². The molecule has 1 amide bonds. The number of ether oxygens (including phenoxy) is 1. The Hall–Kier alpha value is -2.08. The predicted octanol–water partition coefficient (Wildman–Crippen LogP) is 3.97. The summed E-state index contributed by atoms with van der Waals surface area (Å²) in [6.45, 7) is -0.256. The second-order valence-corrected chi connectivity index (χ2v) is 7.23. The molecule has 1 atom stereocenters. The van der Waals surface area contributed by atoms with Gasteiger partial charge in [-0.15, -0.1) is 11.8 Å². The Morgan fingerprint density at radius 2 is 2.04 bits per heavy atom. The fourth-order valence-electron chi connectivity index (χ4n) is 2.76. The molecular weight excluding hydrogens is 344 g/mol. The van der Waals surface area contributed by atoms with Crippen LogP contribution in [0.15, 0.2) is 47.4 Å². The summed E-state index contributed by atoms with van der Waals surface area (Å²) in [5.74, 6) is 0.176. The molecule has 1 aliphatic rings. The number of benzene rings is 2. The minimum atomic E-state index is -2.82. The number of halogens is 2. The second-order valence-electron chi connectivity index (χ2n) is 5.99. The van der Waals surface area contributed by atoms with Crippen LogP contribution in [0, 0.1) is 6.92 Å². The Bertz CT molecular complexity index is 750. The van der Waals surface area contributed by atoms with Crippen LogP contribution in [-0.4, -0.2) is 24.3 Å². The smallest absolute Gasteiger partial charge is 0.387 e. The molecule has 0 spiro atoms. The monoisotopic (exact) mass is 363 g/mol. The van der Waals surface area contributed by atoms with Gasteiger partial charge in [-0.05, 0) is 49.1 Å². The van der Waals surface area contributed by atoms with E-state index in [9.17, 15) is 13.6 Å². The number of alkyl halides is 2. The first-order valence-corrected chi connectivity index (χ1v) is 8.97. The van der Waals surface area contributed by atoms with E-state index in [4.69, 9.17) is 0 Å². The van der Waals surface area contributed by atoms with Crippen LogP contribution in [0.3, 0.4) is 0 Å². The lowest BCUT2D eigenvalue weighted by Crippen LogP contribution is -2.33. The summed E-state index contributed by atoms with van der Waals surface area (Å²) in [6.07, 6.45) is 1.40. The normalized spacial score (nSPS) is 15.9. The number of rotatable bonds is 6. The third-order valence-electron chi connectivity index (χ3n) is 4.05. The van der Waals surface area contributed by atoms with Crippen LogP contribution < -0.4 is 10.1 Å². The van der Waals surface area contributed by atoms with Gasteiger partial charge in [0.25, 0.3) is 0 Å². The van der Waals surface area contributed by atoms with Crippen molar-refractivity contribution in [3.63, 3.8) is 0 Å². The molecule has 2 aromatic rings. The average molecular weight is 363 g/mol. The third kappa shape index (κ3) is 4.72. The minimum Gasteiger partial charge on any atom is -0.435 e. The molecule has 0 aromatic heterocycles. The largest absolute Gasteiger partial charge is 0.435 e. The summed E-state index contributed by atoms with van der Waals surface area (Å²) >= 11 is 1.61. The van der Waals surface area contributed by atoms with E-state index in [0.29, 0.717) is 13.0 Å². The molecule has 1 N–H and O–H groups in total. The lowest BCUT2D eigenvalue weighted by molar-refractivity contribution is -0.120. The van der Waals surface area contributed by atoms with Crippen LogP contribution in [0.2, 0.25) is 0 Å². The van der Waals surface area contributed by atoms with Gasteiger partial charge in [-0.2, -0.15) is 8.78 Å². The summed E-state index contributed by atoms with van der Waals surface area (Å²) in [5, 5.41) is 2.87. The highest BCUT2D eigenvalue weighted by atomic mass is 32.2. The highest BCUT2D eigenvalue weighted by molar-refractivity contribution is 8.01. The number of carbonyl (C=O) groups is 1. The zero-order valence-electron chi connectivity index (χ0n) is 13.8. The van der Waals surface area contributed by atoms with Gasteiger partial charge in [0.15, 0.2) is 0 Å². The zero-order chi connectivity index (χ0) is 17.8. The fraction of sp³-hybridized carbons (Fsp3) is 0.316. The molecule has 0 bridgehead atoms. The quantitative estimate of drug-likeness (QED) is 0.844. The first kappa shape index (κ1) is 17.7. The van der Waals surface area contributed by atoms with E-state index in [1.807, 2.05) is 6.92 Å². The van der Waals surface area contributed by atoms with E-state index in [2.05, 4.69) is 28.3 Å². The maximum absolute atomic E-state index is 12.3. The van der Waals surface area contributed by atoms with Crippen molar-refractivity contribution in [1.29, 1.82) is 0 Å². The van der Waals surface area contributed by atoms with Crippen LogP contribution in [0.1, 0.15) is 16.7 Å². The molecule has 6 heteroatoms. The van der Waals surface area contributed by atoms with Gasteiger partial charge in [0.05, 0.1) is 5.25 Å². The van der Waals surface area contributed by atoms with Crippen molar-refractivity contribution in [3.05, 3.63) is 59.2 Å². The average Bonchev–Trinajstić information content (AvgIpc) is 2.99. The van der Waals surface area contributed by atoms with Crippen LogP contribution in [0.25, 0.3) is 0 Å². The number of aryl methyl sites for hydroxylation is 1. The van der Waals surface area contributed by atoms with Gasteiger partial charge in [0.2, 0.25) is 5.91 Å². The summed E-state index contributed by atoms with van der Waals surface area (Å²) in [6, 6.07) is 12.8. The van der Waals surface area contributed by atoms with Crippen molar-refractivity contribution in [2.24, 2.45) is 0 Å². The molecule has 0 aliphatic carbocycles. The highest BCUT2D eigenvalue weighted by Gasteiger charge is 2.27. The van der Waals surface area contributed by atoms with E-state index < -0.39 is 6.61 Å².